The predicted molar refractivity (Wildman–Crippen MR) is 130 cm³/mol. The maximum Gasteiger partial charge on any atom is 0.182 e. The van der Waals surface area contributed by atoms with Crippen LogP contribution in [0.4, 0.5) is 5.69 Å². The molecule has 2 aromatic heterocycles. The number of rotatable bonds is 6. The average molecular weight is 431 g/mol. The van der Waals surface area contributed by atoms with Crippen molar-refractivity contribution in [3.63, 3.8) is 0 Å². The highest BCUT2D eigenvalue weighted by Crippen LogP contribution is 2.23. The van der Waals surface area contributed by atoms with Crippen molar-refractivity contribution >= 4 is 17.1 Å². The largest absolute Gasteiger partial charge is 0.494 e. The summed E-state index contributed by atoms with van der Waals surface area (Å²) < 4.78 is 6.99. The van der Waals surface area contributed by atoms with E-state index in [0.717, 1.165) is 29.3 Å². The number of anilines is 1. The summed E-state index contributed by atoms with van der Waals surface area (Å²) in [4.78, 5) is 18.2. The Hall–Kier alpha value is -3.67. The lowest BCUT2D eigenvalue weighted by Gasteiger charge is -2.13. The van der Waals surface area contributed by atoms with Gasteiger partial charge in [0, 0.05) is 44.0 Å². The van der Waals surface area contributed by atoms with Crippen LogP contribution in [0.1, 0.15) is 36.3 Å². The topological polar surface area (TPSA) is 59.7 Å². The second-order valence-corrected chi connectivity index (χ2v) is 7.59. The summed E-state index contributed by atoms with van der Waals surface area (Å²) in [7, 11) is 4.02. The number of Topliss-reactive ketones (excluding diaryl/α,β-unsaturated/α-hetero) is 1. The second-order valence-electron chi connectivity index (χ2n) is 7.59. The zero-order chi connectivity index (χ0) is 23.1. The summed E-state index contributed by atoms with van der Waals surface area (Å²) in [6, 6.07) is 19.9. The van der Waals surface area contributed by atoms with E-state index in [1.807, 2.05) is 70.4 Å². The van der Waals surface area contributed by atoms with Crippen molar-refractivity contribution < 1.29 is 9.53 Å². The van der Waals surface area contributed by atoms with Gasteiger partial charge in [-0.15, -0.1) is 0 Å². The number of ketones is 1. The molecule has 0 aliphatic rings. The molecular formula is C26H30N4O2. The van der Waals surface area contributed by atoms with Gasteiger partial charge in [0.25, 0.3) is 0 Å². The maximum atomic E-state index is 11.8. The molecule has 32 heavy (non-hydrogen) atoms. The van der Waals surface area contributed by atoms with Crippen molar-refractivity contribution in [2.45, 2.75) is 27.2 Å². The number of hydrogen-bond acceptors (Lipinski definition) is 5. The third-order valence-corrected chi connectivity index (χ3v) is 4.98. The quantitative estimate of drug-likeness (QED) is 0.381. The van der Waals surface area contributed by atoms with E-state index in [-0.39, 0.29) is 5.78 Å². The third kappa shape index (κ3) is 5.52. The van der Waals surface area contributed by atoms with E-state index in [1.165, 1.54) is 5.56 Å². The number of nitrogens with zero attached hydrogens (tertiary/aromatic N) is 4. The smallest absolute Gasteiger partial charge is 0.182 e. The summed E-state index contributed by atoms with van der Waals surface area (Å²) in [6.45, 7) is 6.62. The SMILES string of the molecule is CCC(=O)c1cc2nccc(-c3ccc(N(C)C)cc3)n2n1.CCOc1ccc(C)cc1. The molecule has 0 aliphatic carbocycles. The van der Waals surface area contributed by atoms with Crippen LogP contribution in [-0.4, -0.2) is 41.1 Å². The van der Waals surface area contributed by atoms with Crippen molar-refractivity contribution in [3.8, 4) is 17.0 Å². The van der Waals surface area contributed by atoms with Gasteiger partial charge in [0.15, 0.2) is 11.4 Å². The molecule has 0 fully saturated rings. The van der Waals surface area contributed by atoms with Crippen molar-refractivity contribution in [1.29, 1.82) is 0 Å². The Morgan fingerprint density at radius 1 is 1.00 bits per heavy atom. The van der Waals surface area contributed by atoms with Gasteiger partial charge in [-0.2, -0.15) is 5.10 Å². The normalized spacial score (nSPS) is 10.4. The molecule has 166 valence electrons. The third-order valence-electron chi connectivity index (χ3n) is 4.98. The summed E-state index contributed by atoms with van der Waals surface area (Å²) in [6.07, 6.45) is 2.18. The lowest BCUT2D eigenvalue weighted by Crippen LogP contribution is -2.08. The lowest BCUT2D eigenvalue weighted by atomic mass is 10.1. The molecule has 0 radical (unpaired) electrons. The zero-order valence-corrected chi connectivity index (χ0v) is 19.4. The first kappa shape index (κ1) is 23.0. The van der Waals surface area contributed by atoms with Gasteiger partial charge >= 0.3 is 0 Å². The van der Waals surface area contributed by atoms with Gasteiger partial charge in [-0.3, -0.25) is 4.79 Å². The molecule has 2 heterocycles. The van der Waals surface area contributed by atoms with E-state index in [0.29, 0.717) is 17.8 Å². The minimum atomic E-state index is 0.0272. The Morgan fingerprint density at radius 3 is 2.28 bits per heavy atom. The molecule has 0 saturated heterocycles. The highest BCUT2D eigenvalue weighted by molar-refractivity contribution is 5.95. The van der Waals surface area contributed by atoms with Crippen LogP contribution in [0.3, 0.4) is 0 Å². The molecule has 0 spiro atoms. The molecule has 6 heteroatoms. The van der Waals surface area contributed by atoms with Crippen molar-refractivity contribution in [2.24, 2.45) is 0 Å². The van der Waals surface area contributed by atoms with Crippen molar-refractivity contribution in [3.05, 3.63) is 78.1 Å². The van der Waals surface area contributed by atoms with Crippen LogP contribution in [0, 0.1) is 6.92 Å². The van der Waals surface area contributed by atoms with E-state index in [9.17, 15) is 4.79 Å². The molecule has 4 aromatic rings. The first-order valence-electron chi connectivity index (χ1n) is 10.8. The molecule has 0 N–H and O–H groups in total. The summed E-state index contributed by atoms with van der Waals surface area (Å²) in [5.41, 5.74) is 5.51. The molecular weight excluding hydrogens is 400 g/mol. The Labute approximate surface area is 189 Å². The molecule has 0 bridgehead atoms. The van der Waals surface area contributed by atoms with Gasteiger partial charge in [0.2, 0.25) is 0 Å². The minimum absolute atomic E-state index is 0.0272. The van der Waals surface area contributed by atoms with Crippen LogP contribution in [0.25, 0.3) is 16.9 Å². The van der Waals surface area contributed by atoms with E-state index in [1.54, 1.807) is 16.8 Å². The highest BCUT2D eigenvalue weighted by atomic mass is 16.5. The first-order chi connectivity index (χ1) is 15.4. The molecule has 0 atom stereocenters. The number of hydrogen-bond donors (Lipinski definition) is 0. The number of aromatic nitrogens is 3. The van der Waals surface area contributed by atoms with E-state index in [4.69, 9.17) is 4.74 Å². The molecule has 2 aromatic carbocycles. The van der Waals surface area contributed by atoms with Crippen molar-refractivity contribution in [1.82, 2.24) is 14.6 Å². The second kappa shape index (κ2) is 10.6. The number of fused-ring (bicyclic) bond motifs is 1. The van der Waals surface area contributed by atoms with Gasteiger partial charge in [0.1, 0.15) is 11.4 Å². The van der Waals surface area contributed by atoms with Crippen molar-refractivity contribution in [2.75, 3.05) is 25.6 Å². The Bertz CT molecular complexity index is 1160. The van der Waals surface area contributed by atoms with Crippen LogP contribution in [-0.2, 0) is 0 Å². The maximum absolute atomic E-state index is 11.8. The predicted octanol–water partition coefficient (Wildman–Crippen LogP) is 5.45. The molecule has 4 rings (SSSR count). The Balaban J connectivity index is 0.000000243. The fourth-order valence-corrected chi connectivity index (χ4v) is 3.16. The van der Waals surface area contributed by atoms with Crippen LogP contribution < -0.4 is 9.64 Å². The first-order valence-corrected chi connectivity index (χ1v) is 10.8. The summed E-state index contributed by atoms with van der Waals surface area (Å²) >= 11 is 0. The van der Waals surface area contributed by atoms with Gasteiger partial charge in [-0.1, -0.05) is 36.8 Å². The molecule has 0 saturated carbocycles. The lowest BCUT2D eigenvalue weighted by molar-refractivity contribution is 0.0983. The van der Waals surface area contributed by atoms with Gasteiger partial charge in [-0.05, 0) is 44.2 Å². The standard InChI is InChI=1S/C17H18N4O.C9H12O/c1-4-16(22)14-11-17-18-10-9-15(21(17)19-14)12-5-7-13(8-6-12)20(2)3;1-3-10-9-6-4-8(2)5-7-9/h5-11H,4H2,1-3H3;4-7H,3H2,1-2H3. The van der Waals surface area contributed by atoms with E-state index >= 15 is 0 Å². The Morgan fingerprint density at radius 2 is 1.69 bits per heavy atom. The van der Waals surface area contributed by atoms with Crippen LogP contribution in [0.5, 0.6) is 5.75 Å². The number of carbonyl (C=O) groups excluding carboxylic acids is 1. The molecule has 0 unspecified atom stereocenters. The number of ether oxygens (including phenoxy) is 1. The van der Waals surface area contributed by atoms with Crippen LogP contribution in [0.2, 0.25) is 0 Å². The van der Waals surface area contributed by atoms with E-state index < -0.39 is 0 Å². The number of benzene rings is 2. The van der Waals surface area contributed by atoms with Gasteiger partial charge in [-0.25, -0.2) is 9.50 Å². The minimum Gasteiger partial charge on any atom is -0.494 e. The fraction of sp³-hybridized carbons (Fsp3) is 0.269. The molecule has 0 amide bonds. The van der Waals surface area contributed by atoms with Crippen LogP contribution in [0.15, 0.2) is 66.9 Å². The summed E-state index contributed by atoms with van der Waals surface area (Å²) in [5, 5.41) is 4.41. The van der Waals surface area contributed by atoms with Crippen LogP contribution >= 0.6 is 0 Å². The summed E-state index contributed by atoms with van der Waals surface area (Å²) in [5.74, 6) is 0.979. The number of aryl methyl sites for hydroxylation is 1. The van der Waals surface area contributed by atoms with Gasteiger partial charge in [0.05, 0.1) is 12.3 Å². The highest BCUT2D eigenvalue weighted by Gasteiger charge is 2.12. The molecule has 0 aliphatic heterocycles. The molecule has 6 nitrogen and oxygen atoms in total. The fourth-order valence-electron chi connectivity index (χ4n) is 3.16. The monoisotopic (exact) mass is 430 g/mol. The average Bonchev–Trinajstić information content (AvgIpc) is 3.25. The zero-order valence-electron chi connectivity index (χ0n) is 19.4. The van der Waals surface area contributed by atoms with E-state index in [2.05, 4.69) is 34.0 Å². The van der Waals surface area contributed by atoms with Gasteiger partial charge < -0.3 is 9.64 Å². The number of carbonyl (C=O) groups is 1. The Kier molecular flexibility index (Phi) is 7.60.